The number of anilines is 1. The van der Waals surface area contributed by atoms with Crippen molar-refractivity contribution in [1.82, 2.24) is 15.0 Å². The lowest BCUT2D eigenvalue weighted by Crippen LogP contribution is -1.99. The van der Waals surface area contributed by atoms with E-state index in [4.69, 9.17) is 10.5 Å². The first-order valence-corrected chi connectivity index (χ1v) is 4.44. The number of ether oxygens (including phenoxy) is 1. The van der Waals surface area contributed by atoms with E-state index in [1.807, 2.05) is 12.1 Å². The van der Waals surface area contributed by atoms with Crippen molar-refractivity contribution in [2.45, 2.75) is 6.61 Å². The van der Waals surface area contributed by atoms with Gasteiger partial charge in [0, 0.05) is 24.0 Å². The van der Waals surface area contributed by atoms with Gasteiger partial charge in [-0.15, -0.1) is 0 Å². The van der Waals surface area contributed by atoms with Crippen molar-refractivity contribution in [3.63, 3.8) is 0 Å². The second-order valence-corrected chi connectivity index (χ2v) is 2.93. The molecule has 0 unspecified atom stereocenters. The van der Waals surface area contributed by atoms with E-state index in [2.05, 4.69) is 15.0 Å². The van der Waals surface area contributed by atoms with Crippen LogP contribution in [0.15, 0.2) is 36.9 Å². The Hall–Kier alpha value is -2.17. The van der Waals surface area contributed by atoms with Gasteiger partial charge >= 0.3 is 0 Å². The van der Waals surface area contributed by atoms with Gasteiger partial charge in [0.1, 0.15) is 18.8 Å². The van der Waals surface area contributed by atoms with Gasteiger partial charge in [0.2, 0.25) is 5.88 Å². The zero-order chi connectivity index (χ0) is 10.5. The predicted octanol–water partition coefficient (Wildman–Crippen LogP) is 1.03. The Bertz CT molecular complexity index is 432. The molecule has 0 radical (unpaired) electrons. The fourth-order valence-electron chi connectivity index (χ4n) is 1.07. The van der Waals surface area contributed by atoms with Gasteiger partial charge < -0.3 is 10.5 Å². The minimum atomic E-state index is 0.395. The molecular formula is C10H10N4O. The van der Waals surface area contributed by atoms with E-state index >= 15 is 0 Å². The Morgan fingerprint density at radius 2 is 2.27 bits per heavy atom. The van der Waals surface area contributed by atoms with Gasteiger partial charge in [-0.3, -0.25) is 4.98 Å². The molecule has 0 spiro atoms. The SMILES string of the molecule is Nc1cc(OCc2cccnc2)ncn1. The molecule has 0 aromatic carbocycles. The summed E-state index contributed by atoms with van der Waals surface area (Å²) >= 11 is 0. The molecule has 5 nitrogen and oxygen atoms in total. The Kier molecular flexibility index (Phi) is 2.73. The van der Waals surface area contributed by atoms with Gasteiger partial charge in [-0.05, 0) is 6.07 Å². The van der Waals surface area contributed by atoms with Crippen LogP contribution in [0.2, 0.25) is 0 Å². The first-order valence-electron chi connectivity index (χ1n) is 4.44. The number of rotatable bonds is 3. The van der Waals surface area contributed by atoms with E-state index in [-0.39, 0.29) is 0 Å². The van der Waals surface area contributed by atoms with Crippen LogP contribution in [0.1, 0.15) is 5.56 Å². The summed E-state index contributed by atoms with van der Waals surface area (Å²) in [5, 5.41) is 0. The van der Waals surface area contributed by atoms with Crippen LogP contribution in [0.5, 0.6) is 5.88 Å². The van der Waals surface area contributed by atoms with Crippen molar-refractivity contribution in [2.24, 2.45) is 0 Å². The zero-order valence-electron chi connectivity index (χ0n) is 8.00. The molecule has 0 amide bonds. The third-order valence-electron chi connectivity index (χ3n) is 1.77. The lowest BCUT2D eigenvalue weighted by atomic mass is 10.3. The van der Waals surface area contributed by atoms with E-state index in [0.717, 1.165) is 5.56 Å². The van der Waals surface area contributed by atoms with Crippen LogP contribution in [-0.2, 0) is 6.61 Å². The molecule has 2 N–H and O–H groups in total. The van der Waals surface area contributed by atoms with E-state index in [1.54, 1.807) is 18.5 Å². The van der Waals surface area contributed by atoms with E-state index in [1.165, 1.54) is 6.33 Å². The summed E-state index contributed by atoms with van der Waals surface area (Å²) in [6.45, 7) is 0.421. The van der Waals surface area contributed by atoms with Gasteiger partial charge in [-0.1, -0.05) is 6.07 Å². The lowest BCUT2D eigenvalue weighted by Gasteiger charge is -2.04. The largest absolute Gasteiger partial charge is 0.473 e. The van der Waals surface area contributed by atoms with E-state index in [0.29, 0.717) is 18.3 Å². The maximum atomic E-state index is 5.48. The molecular weight excluding hydrogens is 192 g/mol. The monoisotopic (exact) mass is 202 g/mol. The molecule has 2 heterocycles. The van der Waals surface area contributed by atoms with Crippen LogP contribution in [0.4, 0.5) is 5.82 Å². The fourth-order valence-corrected chi connectivity index (χ4v) is 1.07. The molecule has 76 valence electrons. The molecule has 0 saturated heterocycles. The number of aromatic nitrogens is 3. The van der Waals surface area contributed by atoms with Crippen molar-refractivity contribution < 1.29 is 4.74 Å². The highest BCUT2D eigenvalue weighted by molar-refractivity contribution is 5.30. The van der Waals surface area contributed by atoms with Crippen molar-refractivity contribution in [3.8, 4) is 5.88 Å². The molecule has 2 rings (SSSR count). The smallest absolute Gasteiger partial charge is 0.218 e. The number of hydrogen-bond donors (Lipinski definition) is 1. The number of nitrogens with two attached hydrogens (primary N) is 1. The summed E-state index contributed by atoms with van der Waals surface area (Å²) in [7, 11) is 0. The third kappa shape index (κ3) is 2.63. The molecule has 0 bridgehead atoms. The summed E-state index contributed by atoms with van der Waals surface area (Å²) in [4.78, 5) is 11.7. The summed E-state index contributed by atoms with van der Waals surface area (Å²) in [5.41, 5.74) is 6.47. The minimum absolute atomic E-state index is 0.395. The second-order valence-electron chi connectivity index (χ2n) is 2.93. The number of hydrogen-bond acceptors (Lipinski definition) is 5. The zero-order valence-corrected chi connectivity index (χ0v) is 8.00. The van der Waals surface area contributed by atoms with Crippen LogP contribution in [-0.4, -0.2) is 15.0 Å². The van der Waals surface area contributed by atoms with Crippen LogP contribution in [0, 0.1) is 0 Å². The highest BCUT2D eigenvalue weighted by atomic mass is 16.5. The van der Waals surface area contributed by atoms with Gasteiger partial charge in [-0.25, -0.2) is 9.97 Å². The summed E-state index contributed by atoms with van der Waals surface area (Å²) in [6, 6.07) is 5.36. The molecule has 2 aromatic rings. The van der Waals surface area contributed by atoms with Crippen LogP contribution in [0.25, 0.3) is 0 Å². The van der Waals surface area contributed by atoms with Gasteiger partial charge in [0.15, 0.2) is 0 Å². The molecule has 5 heteroatoms. The highest BCUT2D eigenvalue weighted by Gasteiger charge is 1.97. The van der Waals surface area contributed by atoms with E-state index in [9.17, 15) is 0 Å². The Balaban J connectivity index is 1.99. The van der Waals surface area contributed by atoms with Crippen LogP contribution in [0.3, 0.4) is 0 Å². The molecule has 0 saturated carbocycles. The molecule has 0 aliphatic rings. The van der Waals surface area contributed by atoms with Crippen LogP contribution >= 0.6 is 0 Å². The van der Waals surface area contributed by atoms with Crippen molar-refractivity contribution in [1.29, 1.82) is 0 Å². The molecule has 0 atom stereocenters. The molecule has 0 aliphatic carbocycles. The normalized spacial score (nSPS) is 9.87. The first kappa shape index (κ1) is 9.39. The van der Waals surface area contributed by atoms with Crippen molar-refractivity contribution in [3.05, 3.63) is 42.5 Å². The molecule has 2 aromatic heterocycles. The summed E-state index contributed by atoms with van der Waals surface area (Å²) < 4.78 is 5.40. The molecule has 0 aliphatic heterocycles. The number of nitrogen functional groups attached to an aromatic ring is 1. The van der Waals surface area contributed by atoms with Gasteiger partial charge in [0.25, 0.3) is 0 Å². The fraction of sp³-hybridized carbons (Fsp3) is 0.100. The Labute approximate surface area is 87.0 Å². The van der Waals surface area contributed by atoms with Gasteiger partial charge in [0.05, 0.1) is 0 Å². The number of pyridine rings is 1. The average Bonchev–Trinajstić information content (AvgIpc) is 2.28. The average molecular weight is 202 g/mol. The van der Waals surface area contributed by atoms with Crippen molar-refractivity contribution in [2.75, 3.05) is 5.73 Å². The Morgan fingerprint density at radius 3 is 3.00 bits per heavy atom. The quantitative estimate of drug-likeness (QED) is 0.804. The lowest BCUT2D eigenvalue weighted by molar-refractivity contribution is 0.293. The standard InChI is InChI=1S/C10H10N4O/c11-9-4-10(14-7-13-9)15-6-8-2-1-3-12-5-8/h1-5,7H,6H2,(H2,11,13,14). The Morgan fingerprint density at radius 1 is 1.33 bits per heavy atom. The van der Waals surface area contributed by atoms with E-state index < -0.39 is 0 Å². The maximum absolute atomic E-state index is 5.48. The third-order valence-corrected chi connectivity index (χ3v) is 1.77. The second kappa shape index (κ2) is 4.36. The molecule has 15 heavy (non-hydrogen) atoms. The topological polar surface area (TPSA) is 73.9 Å². The predicted molar refractivity (Wildman–Crippen MR) is 55.0 cm³/mol. The van der Waals surface area contributed by atoms with Crippen molar-refractivity contribution >= 4 is 5.82 Å². The maximum Gasteiger partial charge on any atom is 0.218 e. The van der Waals surface area contributed by atoms with Gasteiger partial charge in [-0.2, -0.15) is 0 Å². The minimum Gasteiger partial charge on any atom is -0.473 e. The molecule has 0 fully saturated rings. The highest BCUT2D eigenvalue weighted by Crippen LogP contribution is 2.09. The summed E-state index contributed by atoms with van der Waals surface area (Å²) in [5.74, 6) is 0.859. The summed E-state index contributed by atoms with van der Waals surface area (Å²) in [6.07, 6.45) is 4.82. The van der Waals surface area contributed by atoms with Crippen LogP contribution < -0.4 is 10.5 Å². The first-order chi connectivity index (χ1) is 7.34. The number of nitrogens with zero attached hydrogens (tertiary/aromatic N) is 3.